The van der Waals surface area contributed by atoms with Gasteiger partial charge in [-0.3, -0.25) is 4.79 Å². The van der Waals surface area contributed by atoms with Crippen LogP contribution in [0.5, 0.6) is 0 Å². The largest absolute Gasteiger partial charge is 0.352 e. The summed E-state index contributed by atoms with van der Waals surface area (Å²) in [5.41, 5.74) is 6.42. The van der Waals surface area contributed by atoms with E-state index in [1.165, 1.54) is 12.1 Å². The lowest BCUT2D eigenvalue weighted by molar-refractivity contribution is 0.0949. The van der Waals surface area contributed by atoms with E-state index in [0.717, 1.165) is 5.56 Å². The standard InChI is InChI=1S/C12H17FN2O/c1-8-3-4-10(11(13)7-8)12(16)15-6-5-9(2)14/h3-4,7,9H,5-6,14H2,1-2H3,(H,15,16). The number of hydrogen-bond acceptors (Lipinski definition) is 2. The fourth-order valence-corrected chi connectivity index (χ4v) is 1.31. The number of carbonyl (C=O) groups excluding carboxylic acids is 1. The summed E-state index contributed by atoms with van der Waals surface area (Å²) in [5, 5.41) is 2.63. The van der Waals surface area contributed by atoms with Gasteiger partial charge in [0.1, 0.15) is 5.82 Å². The summed E-state index contributed by atoms with van der Waals surface area (Å²) in [6, 6.07) is 4.58. The maximum atomic E-state index is 13.4. The van der Waals surface area contributed by atoms with Gasteiger partial charge >= 0.3 is 0 Å². The molecule has 0 aliphatic heterocycles. The molecule has 1 amide bonds. The summed E-state index contributed by atoms with van der Waals surface area (Å²) in [6.45, 7) is 4.10. The zero-order valence-electron chi connectivity index (χ0n) is 9.59. The maximum Gasteiger partial charge on any atom is 0.254 e. The molecule has 0 radical (unpaired) electrons. The summed E-state index contributed by atoms with van der Waals surface area (Å²) in [4.78, 5) is 11.6. The molecule has 88 valence electrons. The van der Waals surface area contributed by atoms with Crippen LogP contribution in [0.3, 0.4) is 0 Å². The molecule has 1 unspecified atom stereocenters. The zero-order valence-corrected chi connectivity index (χ0v) is 9.59. The molecule has 1 aromatic rings. The third kappa shape index (κ3) is 3.62. The van der Waals surface area contributed by atoms with Crippen LogP contribution >= 0.6 is 0 Å². The number of halogens is 1. The molecular formula is C12H17FN2O. The summed E-state index contributed by atoms with van der Waals surface area (Å²) in [7, 11) is 0. The van der Waals surface area contributed by atoms with Crippen LogP contribution in [-0.2, 0) is 0 Å². The van der Waals surface area contributed by atoms with Gasteiger partial charge in [0.15, 0.2) is 0 Å². The topological polar surface area (TPSA) is 55.1 Å². The lowest BCUT2D eigenvalue weighted by atomic mass is 10.1. The molecule has 0 aromatic heterocycles. The van der Waals surface area contributed by atoms with Gasteiger partial charge in [-0.05, 0) is 38.0 Å². The Balaban J connectivity index is 2.59. The Kier molecular flexibility index (Phi) is 4.43. The van der Waals surface area contributed by atoms with Crippen LogP contribution < -0.4 is 11.1 Å². The van der Waals surface area contributed by atoms with Gasteiger partial charge in [-0.1, -0.05) is 6.07 Å². The summed E-state index contributed by atoms with van der Waals surface area (Å²) in [6.07, 6.45) is 0.680. The Morgan fingerprint density at radius 3 is 2.81 bits per heavy atom. The van der Waals surface area contributed by atoms with E-state index >= 15 is 0 Å². The van der Waals surface area contributed by atoms with Crippen LogP contribution in [0.2, 0.25) is 0 Å². The van der Waals surface area contributed by atoms with Gasteiger partial charge in [0.25, 0.3) is 5.91 Å². The average Bonchev–Trinajstić information content (AvgIpc) is 2.16. The third-order valence-corrected chi connectivity index (χ3v) is 2.25. The average molecular weight is 224 g/mol. The molecule has 0 bridgehead atoms. The molecule has 1 atom stereocenters. The molecule has 0 spiro atoms. The van der Waals surface area contributed by atoms with Gasteiger partial charge in [-0.2, -0.15) is 0 Å². The molecule has 0 aliphatic rings. The second-order valence-electron chi connectivity index (χ2n) is 4.01. The molecule has 4 heteroatoms. The first-order valence-corrected chi connectivity index (χ1v) is 5.30. The highest BCUT2D eigenvalue weighted by atomic mass is 19.1. The van der Waals surface area contributed by atoms with Crippen LogP contribution in [-0.4, -0.2) is 18.5 Å². The summed E-state index contributed by atoms with van der Waals surface area (Å²) >= 11 is 0. The van der Waals surface area contributed by atoms with Crippen LogP contribution in [0.1, 0.15) is 29.3 Å². The van der Waals surface area contributed by atoms with E-state index in [4.69, 9.17) is 5.73 Å². The van der Waals surface area contributed by atoms with Crippen molar-refractivity contribution < 1.29 is 9.18 Å². The first-order valence-electron chi connectivity index (χ1n) is 5.30. The van der Waals surface area contributed by atoms with E-state index in [1.54, 1.807) is 13.0 Å². The minimum Gasteiger partial charge on any atom is -0.352 e. The molecule has 16 heavy (non-hydrogen) atoms. The van der Waals surface area contributed by atoms with Crippen molar-refractivity contribution in [2.24, 2.45) is 5.73 Å². The quantitative estimate of drug-likeness (QED) is 0.816. The Labute approximate surface area is 94.8 Å². The molecule has 0 saturated heterocycles. The molecule has 3 nitrogen and oxygen atoms in total. The van der Waals surface area contributed by atoms with Crippen molar-refractivity contribution in [3.63, 3.8) is 0 Å². The Morgan fingerprint density at radius 1 is 1.56 bits per heavy atom. The number of nitrogens with one attached hydrogen (secondary N) is 1. The number of benzene rings is 1. The highest BCUT2D eigenvalue weighted by Crippen LogP contribution is 2.09. The summed E-state index contributed by atoms with van der Waals surface area (Å²) in [5.74, 6) is -0.878. The molecule has 1 rings (SSSR count). The Bertz CT molecular complexity index is 377. The maximum absolute atomic E-state index is 13.4. The predicted molar refractivity (Wildman–Crippen MR) is 61.7 cm³/mol. The molecule has 3 N–H and O–H groups in total. The lowest BCUT2D eigenvalue weighted by Crippen LogP contribution is -2.29. The monoisotopic (exact) mass is 224 g/mol. The number of hydrogen-bond donors (Lipinski definition) is 2. The van der Waals surface area contributed by atoms with Crippen molar-refractivity contribution in [3.8, 4) is 0 Å². The van der Waals surface area contributed by atoms with E-state index in [0.29, 0.717) is 13.0 Å². The minimum absolute atomic E-state index is 0.0307. The molecule has 0 saturated carbocycles. The normalized spacial score (nSPS) is 12.2. The van der Waals surface area contributed by atoms with Gasteiger partial charge in [0.05, 0.1) is 5.56 Å². The van der Waals surface area contributed by atoms with Gasteiger partial charge in [-0.25, -0.2) is 4.39 Å². The van der Waals surface area contributed by atoms with E-state index in [-0.39, 0.29) is 11.6 Å². The smallest absolute Gasteiger partial charge is 0.254 e. The highest BCUT2D eigenvalue weighted by molar-refractivity contribution is 5.94. The van der Waals surface area contributed by atoms with E-state index in [2.05, 4.69) is 5.32 Å². The van der Waals surface area contributed by atoms with Crippen molar-refractivity contribution in [2.45, 2.75) is 26.3 Å². The Morgan fingerprint density at radius 2 is 2.25 bits per heavy atom. The second kappa shape index (κ2) is 5.61. The van der Waals surface area contributed by atoms with Crippen molar-refractivity contribution in [3.05, 3.63) is 35.1 Å². The molecular weight excluding hydrogens is 207 g/mol. The van der Waals surface area contributed by atoms with Crippen molar-refractivity contribution in [1.82, 2.24) is 5.32 Å². The predicted octanol–water partition coefficient (Wildman–Crippen LogP) is 1.60. The van der Waals surface area contributed by atoms with Crippen LogP contribution in [0.15, 0.2) is 18.2 Å². The van der Waals surface area contributed by atoms with E-state index < -0.39 is 11.7 Å². The van der Waals surface area contributed by atoms with E-state index in [9.17, 15) is 9.18 Å². The number of aryl methyl sites for hydroxylation is 1. The summed E-state index contributed by atoms with van der Waals surface area (Å²) < 4.78 is 13.4. The second-order valence-corrected chi connectivity index (χ2v) is 4.01. The number of rotatable bonds is 4. The molecule has 0 heterocycles. The van der Waals surface area contributed by atoms with Gasteiger partial charge in [0, 0.05) is 12.6 Å². The van der Waals surface area contributed by atoms with Gasteiger partial charge in [-0.15, -0.1) is 0 Å². The van der Waals surface area contributed by atoms with Crippen LogP contribution in [0.25, 0.3) is 0 Å². The molecule has 0 aliphatic carbocycles. The number of carbonyl (C=O) groups is 1. The zero-order chi connectivity index (χ0) is 12.1. The first-order chi connectivity index (χ1) is 7.50. The highest BCUT2D eigenvalue weighted by Gasteiger charge is 2.10. The fourth-order valence-electron chi connectivity index (χ4n) is 1.31. The van der Waals surface area contributed by atoms with Gasteiger partial charge < -0.3 is 11.1 Å². The van der Waals surface area contributed by atoms with Crippen LogP contribution in [0.4, 0.5) is 4.39 Å². The van der Waals surface area contributed by atoms with Gasteiger partial charge in [0.2, 0.25) is 0 Å². The van der Waals surface area contributed by atoms with E-state index in [1.807, 2.05) is 6.92 Å². The minimum atomic E-state index is -0.488. The number of amides is 1. The number of nitrogens with two attached hydrogens (primary N) is 1. The third-order valence-electron chi connectivity index (χ3n) is 2.25. The van der Waals surface area contributed by atoms with Crippen molar-refractivity contribution in [1.29, 1.82) is 0 Å². The molecule has 1 aromatic carbocycles. The Hall–Kier alpha value is -1.42. The van der Waals surface area contributed by atoms with Crippen molar-refractivity contribution >= 4 is 5.91 Å². The van der Waals surface area contributed by atoms with Crippen LogP contribution in [0, 0.1) is 12.7 Å². The molecule has 0 fully saturated rings. The van der Waals surface area contributed by atoms with Crippen molar-refractivity contribution in [2.75, 3.05) is 6.54 Å². The fraction of sp³-hybridized carbons (Fsp3) is 0.417. The SMILES string of the molecule is Cc1ccc(C(=O)NCCC(C)N)c(F)c1. The first kappa shape index (κ1) is 12.6. The lowest BCUT2D eigenvalue weighted by Gasteiger charge is -2.08.